The third kappa shape index (κ3) is 6.32. The minimum absolute atomic E-state index is 0.185. The van der Waals surface area contributed by atoms with E-state index in [1.165, 1.54) is 6.42 Å². The fourth-order valence-electron chi connectivity index (χ4n) is 2.64. The lowest BCUT2D eigenvalue weighted by Gasteiger charge is -2.32. The molecular weight excluding hydrogens is 300 g/mol. The summed E-state index contributed by atoms with van der Waals surface area (Å²) in [6.07, 6.45) is 7.46. The quantitative estimate of drug-likeness (QED) is 0.642. The molecule has 2 amide bonds. The molecule has 6 heteroatoms. The summed E-state index contributed by atoms with van der Waals surface area (Å²) >= 11 is 1.79. The van der Waals surface area contributed by atoms with Gasteiger partial charge in [0.25, 0.3) is 0 Å². The molecule has 5 nitrogen and oxygen atoms in total. The van der Waals surface area contributed by atoms with Crippen molar-refractivity contribution in [3.8, 4) is 0 Å². The third-order valence-electron chi connectivity index (χ3n) is 3.94. The first-order chi connectivity index (χ1) is 10.7. The maximum atomic E-state index is 11.7. The van der Waals surface area contributed by atoms with E-state index in [0.29, 0.717) is 13.1 Å². The van der Waals surface area contributed by atoms with Crippen LogP contribution in [0.4, 0.5) is 4.79 Å². The van der Waals surface area contributed by atoms with Crippen LogP contribution in [0.15, 0.2) is 22.8 Å². The summed E-state index contributed by atoms with van der Waals surface area (Å²) in [5.74, 6) is 2.83. The van der Waals surface area contributed by atoms with Gasteiger partial charge in [0.2, 0.25) is 0 Å². The summed E-state index contributed by atoms with van der Waals surface area (Å²) in [5.41, 5.74) is -0.700. The second kappa shape index (κ2) is 9.10. The van der Waals surface area contributed by atoms with Crippen molar-refractivity contribution >= 4 is 17.8 Å². The molecule has 0 aromatic carbocycles. The van der Waals surface area contributed by atoms with Crippen molar-refractivity contribution in [1.82, 2.24) is 10.6 Å². The van der Waals surface area contributed by atoms with Crippen molar-refractivity contribution in [2.24, 2.45) is 0 Å². The van der Waals surface area contributed by atoms with Gasteiger partial charge in [-0.1, -0.05) is 19.3 Å². The predicted molar refractivity (Wildman–Crippen MR) is 88.9 cm³/mol. The minimum atomic E-state index is -0.700. The van der Waals surface area contributed by atoms with Gasteiger partial charge in [-0.2, -0.15) is 11.8 Å². The fourth-order valence-corrected chi connectivity index (χ4v) is 3.50. The zero-order valence-electron chi connectivity index (χ0n) is 13.0. The first-order valence-electron chi connectivity index (χ1n) is 8.02. The van der Waals surface area contributed by atoms with E-state index in [0.717, 1.165) is 49.4 Å². The molecular formula is C16H26N2O3S. The molecule has 1 aromatic rings. The smallest absolute Gasteiger partial charge is 0.314 e. The third-order valence-corrected chi connectivity index (χ3v) is 5.00. The summed E-state index contributed by atoms with van der Waals surface area (Å²) in [5, 5.41) is 15.9. The van der Waals surface area contributed by atoms with Crippen LogP contribution in [0, 0.1) is 0 Å². The summed E-state index contributed by atoms with van der Waals surface area (Å²) in [6, 6.07) is 3.67. The Morgan fingerprint density at radius 2 is 2.14 bits per heavy atom. The van der Waals surface area contributed by atoms with Gasteiger partial charge in [0, 0.05) is 13.1 Å². The van der Waals surface area contributed by atoms with E-state index >= 15 is 0 Å². The van der Waals surface area contributed by atoms with Crippen LogP contribution in [-0.4, -0.2) is 35.6 Å². The lowest BCUT2D eigenvalue weighted by molar-refractivity contribution is 0.00720. The second-order valence-electron chi connectivity index (χ2n) is 5.88. The first kappa shape index (κ1) is 17.2. The number of carbonyl (C=O) groups is 1. The second-order valence-corrected chi connectivity index (χ2v) is 6.99. The molecule has 0 radical (unpaired) electrons. The maximum absolute atomic E-state index is 11.7. The van der Waals surface area contributed by atoms with E-state index in [4.69, 9.17) is 4.42 Å². The highest BCUT2D eigenvalue weighted by Crippen LogP contribution is 2.27. The highest BCUT2D eigenvalue weighted by atomic mass is 32.2. The number of carbonyl (C=O) groups excluding carboxylic acids is 1. The van der Waals surface area contributed by atoms with Crippen molar-refractivity contribution in [3.05, 3.63) is 24.2 Å². The summed E-state index contributed by atoms with van der Waals surface area (Å²) in [7, 11) is 0. The van der Waals surface area contributed by atoms with Gasteiger partial charge in [-0.05, 0) is 37.1 Å². The van der Waals surface area contributed by atoms with Crippen molar-refractivity contribution in [2.75, 3.05) is 18.8 Å². The molecule has 1 fully saturated rings. The van der Waals surface area contributed by atoms with E-state index in [9.17, 15) is 9.90 Å². The lowest BCUT2D eigenvalue weighted by Crippen LogP contribution is -2.47. The van der Waals surface area contributed by atoms with Crippen LogP contribution in [0.1, 0.15) is 44.3 Å². The van der Waals surface area contributed by atoms with Crippen molar-refractivity contribution in [3.63, 3.8) is 0 Å². The molecule has 0 spiro atoms. The Morgan fingerprint density at radius 3 is 2.86 bits per heavy atom. The van der Waals surface area contributed by atoms with Gasteiger partial charge in [-0.15, -0.1) is 0 Å². The van der Waals surface area contributed by atoms with E-state index in [-0.39, 0.29) is 6.03 Å². The number of aliphatic hydroxyl groups is 1. The van der Waals surface area contributed by atoms with Crippen LogP contribution in [0.2, 0.25) is 0 Å². The Kier molecular flexibility index (Phi) is 7.12. The largest absolute Gasteiger partial charge is 0.468 e. The van der Waals surface area contributed by atoms with Gasteiger partial charge in [0.1, 0.15) is 5.76 Å². The number of thioether (sulfide) groups is 1. The molecule has 2 rings (SSSR count). The number of hydrogen-bond donors (Lipinski definition) is 3. The zero-order chi connectivity index (χ0) is 15.7. The molecule has 1 aliphatic carbocycles. The molecule has 1 aliphatic rings. The van der Waals surface area contributed by atoms with Gasteiger partial charge in [0.05, 0.1) is 17.6 Å². The van der Waals surface area contributed by atoms with Gasteiger partial charge >= 0.3 is 6.03 Å². The van der Waals surface area contributed by atoms with Gasteiger partial charge < -0.3 is 20.2 Å². The van der Waals surface area contributed by atoms with Gasteiger partial charge in [-0.3, -0.25) is 0 Å². The minimum Gasteiger partial charge on any atom is -0.468 e. The summed E-state index contributed by atoms with van der Waals surface area (Å²) < 4.78 is 5.25. The summed E-state index contributed by atoms with van der Waals surface area (Å²) in [4.78, 5) is 11.7. The standard InChI is InChI=1S/C16H26N2O3S/c19-15(18-13-16(20)7-2-1-3-8-16)17-9-5-11-22-12-14-6-4-10-21-14/h4,6,10,20H,1-3,5,7-9,11-13H2,(H2,17,18,19). The summed E-state index contributed by atoms with van der Waals surface area (Å²) in [6.45, 7) is 1.00. The average molecular weight is 326 g/mol. The molecule has 0 atom stereocenters. The van der Waals surface area contributed by atoms with E-state index in [1.54, 1.807) is 18.0 Å². The Labute approximate surface area is 136 Å². The fraction of sp³-hybridized carbons (Fsp3) is 0.688. The van der Waals surface area contributed by atoms with Gasteiger partial charge in [0.15, 0.2) is 0 Å². The number of nitrogens with one attached hydrogen (secondary N) is 2. The van der Waals surface area contributed by atoms with Crippen molar-refractivity contribution in [2.45, 2.75) is 49.9 Å². The van der Waals surface area contributed by atoms with Crippen LogP contribution in [-0.2, 0) is 5.75 Å². The van der Waals surface area contributed by atoms with Crippen LogP contribution < -0.4 is 10.6 Å². The molecule has 0 aliphatic heterocycles. The van der Waals surface area contributed by atoms with Gasteiger partial charge in [-0.25, -0.2) is 4.79 Å². The number of hydrogen-bond acceptors (Lipinski definition) is 4. The normalized spacial score (nSPS) is 17.1. The Morgan fingerprint density at radius 1 is 1.32 bits per heavy atom. The first-order valence-corrected chi connectivity index (χ1v) is 9.18. The monoisotopic (exact) mass is 326 g/mol. The van der Waals surface area contributed by atoms with Crippen molar-refractivity contribution < 1.29 is 14.3 Å². The Bertz CT molecular complexity index is 431. The number of amides is 2. The Hall–Kier alpha value is -1.14. The molecule has 0 unspecified atom stereocenters. The van der Waals surface area contributed by atoms with Crippen LogP contribution >= 0.6 is 11.8 Å². The Balaban J connectivity index is 1.47. The zero-order valence-corrected chi connectivity index (χ0v) is 13.8. The molecule has 0 saturated heterocycles. The topological polar surface area (TPSA) is 74.5 Å². The van der Waals surface area contributed by atoms with E-state index < -0.39 is 5.60 Å². The molecule has 1 aromatic heterocycles. The molecule has 124 valence electrons. The molecule has 1 heterocycles. The van der Waals surface area contributed by atoms with Crippen LogP contribution in [0.25, 0.3) is 0 Å². The number of urea groups is 1. The molecule has 3 N–H and O–H groups in total. The molecule has 22 heavy (non-hydrogen) atoms. The van der Waals surface area contributed by atoms with E-state index in [2.05, 4.69) is 10.6 Å². The van der Waals surface area contributed by atoms with E-state index in [1.807, 2.05) is 12.1 Å². The highest BCUT2D eigenvalue weighted by molar-refractivity contribution is 7.98. The predicted octanol–water partition coefficient (Wildman–Crippen LogP) is 2.90. The van der Waals surface area contributed by atoms with Crippen molar-refractivity contribution in [1.29, 1.82) is 0 Å². The lowest BCUT2D eigenvalue weighted by atomic mass is 9.85. The number of rotatable bonds is 8. The number of furan rings is 1. The molecule has 0 bridgehead atoms. The SMILES string of the molecule is O=C(NCCCSCc1ccco1)NCC1(O)CCCCC1. The average Bonchev–Trinajstić information content (AvgIpc) is 3.03. The highest BCUT2D eigenvalue weighted by Gasteiger charge is 2.29. The van der Waals surface area contributed by atoms with Crippen LogP contribution in [0.5, 0.6) is 0 Å². The maximum Gasteiger partial charge on any atom is 0.314 e. The molecule has 1 saturated carbocycles. The van der Waals surface area contributed by atoms with Crippen LogP contribution in [0.3, 0.4) is 0 Å².